The number of hydrogen-bond acceptors (Lipinski definition) is 5. The number of aromatic amines is 1. The lowest BCUT2D eigenvalue weighted by molar-refractivity contribution is -0.139. The molecule has 2 rings (SSSR count). The van der Waals surface area contributed by atoms with Crippen molar-refractivity contribution in [2.45, 2.75) is 44.5 Å². The van der Waals surface area contributed by atoms with Gasteiger partial charge < -0.3 is 14.7 Å². The second-order valence-corrected chi connectivity index (χ2v) is 5.58. The minimum absolute atomic E-state index is 0.0272. The van der Waals surface area contributed by atoms with Gasteiger partial charge in [0.15, 0.2) is 0 Å². The number of carbonyl (C=O) groups is 1. The first-order valence-corrected chi connectivity index (χ1v) is 7.46. The highest BCUT2D eigenvalue weighted by atomic mass is 19.4. The zero-order valence-corrected chi connectivity index (χ0v) is 13.0. The number of carboxylic acids is 1. The number of carboxylic acid groups (broad SMARTS) is 1. The molecule has 1 fully saturated rings. The number of ether oxygens (including phenoxy) is 1. The molecule has 1 aliphatic heterocycles. The highest BCUT2D eigenvalue weighted by Gasteiger charge is 2.41. The lowest BCUT2D eigenvalue weighted by Gasteiger charge is -2.32. The molecule has 1 aliphatic rings. The van der Waals surface area contributed by atoms with Crippen molar-refractivity contribution < 1.29 is 27.8 Å². The van der Waals surface area contributed by atoms with Gasteiger partial charge in [0.05, 0.1) is 37.1 Å². The molecular weight excluding hydrogens is 331 g/mol. The minimum atomic E-state index is -4.80. The molecule has 0 radical (unpaired) electrons. The summed E-state index contributed by atoms with van der Waals surface area (Å²) in [5, 5.41) is 13.9. The second kappa shape index (κ2) is 7.20. The summed E-state index contributed by atoms with van der Waals surface area (Å²) in [6.45, 7) is 1.99. The third-order valence-corrected chi connectivity index (χ3v) is 3.97. The van der Waals surface area contributed by atoms with Gasteiger partial charge in [0.1, 0.15) is 5.56 Å². The van der Waals surface area contributed by atoms with E-state index in [0.29, 0.717) is 19.4 Å². The Hall–Kier alpha value is -2.10. The average molecular weight is 349 g/mol. The molecule has 10 heteroatoms. The molecule has 1 saturated heterocycles. The van der Waals surface area contributed by atoms with E-state index in [1.54, 1.807) is 6.92 Å². The van der Waals surface area contributed by atoms with Crippen LogP contribution in [0.15, 0.2) is 11.0 Å². The van der Waals surface area contributed by atoms with Crippen molar-refractivity contribution in [2.75, 3.05) is 18.1 Å². The van der Waals surface area contributed by atoms with Crippen molar-refractivity contribution in [2.24, 2.45) is 0 Å². The van der Waals surface area contributed by atoms with Crippen LogP contribution in [0.1, 0.15) is 31.7 Å². The average Bonchev–Trinajstić information content (AvgIpc) is 2.94. The van der Waals surface area contributed by atoms with E-state index in [0.717, 1.165) is 6.20 Å². The SMILES string of the molecule is CC(OCCC(=O)O)[C@@H]1CCCN1c1cn[nH]c(=O)c1C(F)(F)F. The Morgan fingerprint density at radius 3 is 2.92 bits per heavy atom. The van der Waals surface area contributed by atoms with Gasteiger partial charge in [-0.1, -0.05) is 0 Å². The lowest BCUT2D eigenvalue weighted by Crippen LogP contribution is -2.41. The maximum absolute atomic E-state index is 13.2. The molecule has 0 bridgehead atoms. The normalized spacial score (nSPS) is 19.5. The molecule has 1 aromatic rings. The number of rotatable bonds is 6. The highest BCUT2D eigenvalue weighted by Crippen LogP contribution is 2.37. The predicted molar refractivity (Wildman–Crippen MR) is 77.9 cm³/mol. The van der Waals surface area contributed by atoms with Gasteiger partial charge in [-0.25, -0.2) is 5.10 Å². The van der Waals surface area contributed by atoms with Crippen molar-refractivity contribution in [1.82, 2.24) is 10.2 Å². The molecule has 134 valence electrons. The molecule has 1 unspecified atom stereocenters. The number of aromatic nitrogens is 2. The number of nitrogens with zero attached hydrogens (tertiary/aromatic N) is 2. The fourth-order valence-electron chi connectivity index (χ4n) is 2.90. The summed E-state index contributed by atoms with van der Waals surface area (Å²) in [5.74, 6) is -1.01. The van der Waals surface area contributed by atoms with Crippen LogP contribution in [0.3, 0.4) is 0 Å². The van der Waals surface area contributed by atoms with Gasteiger partial charge in [0.25, 0.3) is 5.56 Å². The second-order valence-electron chi connectivity index (χ2n) is 5.58. The monoisotopic (exact) mass is 349 g/mol. The Balaban J connectivity index is 2.23. The largest absolute Gasteiger partial charge is 0.481 e. The summed E-state index contributed by atoms with van der Waals surface area (Å²) in [7, 11) is 0. The zero-order chi connectivity index (χ0) is 17.9. The van der Waals surface area contributed by atoms with E-state index < -0.39 is 29.4 Å². The maximum atomic E-state index is 13.2. The summed E-state index contributed by atoms with van der Waals surface area (Å²) in [6.07, 6.45) is -3.25. The topological polar surface area (TPSA) is 95.5 Å². The Kier molecular flexibility index (Phi) is 5.47. The first-order valence-electron chi connectivity index (χ1n) is 7.46. The molecule has 24 heavy (non-hydrogen) atoms. The first kappa shape index (κ1) is 18.2. The van der Waals surface area contributed by atoms with Crippen molar-refractivity contribution in [1.29, 1.82) is 0 Å². The number of anilines is 1. The molecular formula is C14H18F3N3O4. The third kappa shape index (κ3) is 4.05. The van der Waals surface area contributed by atoms with E-state index in [1.807, 2.05) is 5.10 Å². The molecule has 2 atom stereocenters. The van der Waals surface area contributed by atoms with Crippen LogP contribution in [0.2, 0.25) is 0 Å². The van der Waals surface area contributed by atoms with E-state index in [2.05, 4.69) is 5.10 Å². The van der Waals surface area contributed by atoms with Crippen LogP contribution in [-0.2, 0) is 15.7 Å². The molecule has 0 aromatic carbocycles. The van der Waals surface area contributed by atoms with Crippen LogP contribution in [0.5, 0.6) is 0 Å². The van der Waals surface area contributed by atoms with Crippen LogP contribution in [-0.4, -0.2) is 46.6 Å². The predicted octanol–water partition coefficient (Wildman–Crippen LogP) is 1.64. The highest BCUT2D eigenvalue weighted by molar-refractivity contribution is 5.66. The smallest absolute Gasteiger partial charge is 0.423 e. The fourth-order valence-corrected chi connectivity index (χ4v) is 2.90. The lowest BCUT2D eigenvalue weighted by atomic mass is 10.1. The Labute approximate surface area is 135 Å². The summed E-state index contributed by atoms with van der Waals surface area (Å²) >= 11 is 0. The van der Waals surface area contributed by atoms with E-state index in [-0.39, 0.29) is 24.8 Å². The first-order chi connectivity index (χ1) is 11.2. The molecule has 2 heterocycles. The van der Waals surface area contributed by atoms with Gasteiger partial charge in [0, 0.05) is 6.54 Å². The summed E-state index contributed by atoms with van der Waals surface area (Å²) in [4.78, 5) is 23.6. The Morgan fingerprint density at radius 1 is 1.58 bits per heavy atom. The van der Waals surface area contributed by atoms with E-state index in [9.17, 15) is 22.8 Å². The van der Waals surface area contributed by atoms with Crippen molar-refractivity contribution in [3.05, 3.63) is 22.1 Å². The molecule has 1 aromatic heterocycles. The summed E-state index contributed by atoms with van der Waals surface area (Å²) < 4.78 is 45.1. The minimum Gasteiger partial charge on any atom is -0.481 e. The van der Waals surface area contributed by atoms with Gasteiger partial charge >= 0.3 is 12.1 Å². The number of aliphatic carboxylic acids is 1. The van der Waals surface area contributed by atoms with E-state index in [4.69, 9.17) is 9.84 Å². The third-order valence-electron chi connectivity index (χ3n) is 3.97. The molecule has 0 saturated carbocycles. The number of halogens is 3. The van der Waals surface area contributed by atoms with Crippen LogP contribution >= 0.6 is 0 Å². The van der Waals surface area contributed by atoms with E-state index >= 15 is 0 Å². The molecule has 0 amide bonds. The van der Waals surface area contributed by atoms with Gasteiger partial charge in [0.2, 0.25) is 0 Å². The van der Waals surface area contributed by atoms with Gasteiger partial charge in [-0.05, 0) is 19.8 Å². The number of hydrogen-bond donors (Lipinski definition) is 2. The maximum Gasteiger partial charge on any atom is 0.423 e. The van der Waals surface area contributed by atoms with Gasteiger partial charge in [-0.3, -0.25) is 9.59 Å². The van der Waals surface area contributed by atoms with Crippen molar-refractivity contribution in [3.63, 3.8) is 0 Å². The quantitative estimate of drug-likeness (QED) is 0.811. The van der Waals surface area contributed by atoms with Crippen LogP contribution in [0.4, 0.5) is 18.9 Å². The summed E-state index contributed by atoms with van der Waals surface area (Å²) in [5.41, 5.74) is -2.84. The van der Waals surface area contributed by atoms with Crippen molar-refractivity contribution >= 4 is 11.7 Å². The van der Waals surface area contributed by atoms with Crippen LogP contribution in [0, 0.1) is 0 Å². The fraction of sp³-hybridized carbons (Fsp3) is 0.643. The van der Waals surface area contributed by atoms with Gasteiger partial charge in [-0.15, -0.1) is 0 Å². The molecule has 0 aliphatic carbocycles. The van der Waals surface area contributed by atoms with Crippen molar-refractivity contribution in [3.8, 4) is 0 Å². The number of nitrogens with one attached hydrogen (secondary N) is 1. The zero-order valence-electron chi connectivity index (χ0n) is 13.0. The van der Waals surface area contributed by atoms with E-state index in [1.165, 1.54) is 4.90 Å². The molecule has 7 nitrogen and oxygen atoms in total. The van der Waals surface area contributed by atoms with Crippen LogP contribution in [0.25, 0.3) is 0 Å². The van der Waals surface area contributed by atoms with Gasteiger partial charge in [-0.2, -0.15) is 18.3 Å². The standard InChI is InChI=1S/C14H18F3N3O4/c1-8(24-6-4-11(21)22)9-3-2-5-20(9)10-7-18-19-13(23)12(10)14(15,16)17/h7-9H,2-6H2,1H3,(H,19,23)(H,21,22)/t8?,9-/m0/s1. The molecule has 2 N–H and O–H groups in total. The molecule has 0 spiro atoms. The number of alkyl halides is 3. The Morgan fingerprint density at radius 2 is 2.29 bits per heavy atom. The summed E-state index contributed by atoms with van der Waals surface area (Å²) in [6, 6.07) is -0.386. The number of H-pyrrole nitrogens is 1. The Bertz CT molecular complexity index is 647. The van der Waals surface area contributed by atoms with Crippen LogP contribution < -0.4 is 10.5 Å².